The van der Waals surface area contributed by atoms with Crippen LogP contribution in [0.2, 0.25) is 0 Å². The summed E-state index contributed by atoms with van der Waals surface area (Å²) in [5.41, 5.74) is 2.21. The summed E-state index contributed by atoms with van der Waals surface area (Å²) in [5.74, 6) is 0.287. The predicted molar refractivity (Wildman–Crippen MR) is 120 cm³/mol. The Kier molecular flexibility index (Phi) is 7.79. The maximum atomic E-state index is 11.7. The highest BCUT2D eigenvalue weighted by Crippen LogP contribution is 2.32. The van der Waals surface area contributed by atoms with Crippen LogP contribution in [0, 0.1) is 0 Å². The fourth-order valence-corrected chi connectivity index (χ4v) is 2.68. The van der Waals surface area contributed by atoms with Crippen LogP contribution < -0.4 is 0 Å². The summed E-state index contributed by atoms with van der Waals surface area (Å²) in [6, 6.07) is 16.8. The first-order valence-corrected chi connectivity index (χ1v) is 9.13. The minimum Gasteiger partial charge on any atom is -0.462 e. The molecule has 0 radical (unpaired) electrons. The van der Waals surface area contributed by atoms with Crippen molar-refractivity contribution in [3.63, 3.8) is 0 Å². The van der Waals surface area contributed by atoms with E-state index in [9.17, 15) is 4.79 Å². The molecule has 1 heterocycles. The van der Waals surface area contributed by atoms with Crippen molar-refractivity contribution >= 4 is 40.6 Å². The van der Waals surface area contributed by atoms with Crippen LogP contribution in [0.25, 0.3) is 5.76 Å². The molecule has 0 aromatic heterocycles. The molecule has 0 bridgehead atoms. The molecule has 0 amide bonds. The molecule has 0 N–H and O–H groups in total. The van der Waals surface area contributed by atoms with Crippen LogP contribution in [0.3, 0.4) is 0 Å². The number of hydrogen-bond donors (Lipinski definition) is 0. The van der Waals surface area contributed by atoms with Crippen molar-refractivity contribution in [1.82, 2.24) is 0 Å². The lowest BCUT2D eigenvalue weighted by Crippen LogP contribution is -2.30. The van der Waals surface area contributed by atoms with E-state index >= 15 is 0 Å². The normalized spacial score (nSPS) is 16.4. The Morgan fingerprint density at radius 1 is 1.07 bits per heavy atom. The highest BCUT2D eigenvalue weighted by molar-refractivity contribution is 8.93. The monoisotopic (exact) mass is 457 g/mol. The van der Waals surface area contributed by atoms with Crippen molar-refractivity contribution < 1.29 is 19.0 Å². The van der Waals surface area contributed by atoms with Gasteiger partial charge in [-0.25, -0.2) is 4.79 Å². The molecule has 0 atom stereocenters. The lowest BCUT2D eigenvalue weighted by atomic mass is 10.1. The molecule has 1 aliphatic heterocycles. The minimum atomic E-state index is -0.777. The van der Waals surface area contributed by atoms with Gasteiger partial charge in [0, 0.05) is 31.7 Å². The number of esters is 1. The van der Waals surface area contributed by atoms with Gasteiger partial charge in [-0.15, -0.1) is 17.0 Å². The SMILES string of the molecule is Br.CCOC(=O)c1ccc(N=C/C=C2/C=C(c3ccccc3)OC(C)(C)O2)cc1. The standard InChI is InChI=1S/C23H23NO4.BrH/c1-4-26-22(25)18-10-12-19(13-11-18)24-15-14-20-16-21(28-23(2,3)27-20)17-8-6-5-7-9-17;/h5-16H,4H2,1-3H3;1H/b20-14-,24-15?;. The lowest BCUT2D eigenvalue weighted by Gasteiger charge is -2.33. The average molecular weight is 458 g/mol. The number of carbonyl (C=O) groups is 1. The molecule has 0 saturated heterocycles. The van der Waals surface area contributed by atoms with Gasteiger partial charge >= 0.3 is 5.97 Å². The number of carbonyl (C=O) groups excluding carboxylic acids is 1. The molecule has 152 valence electrons. The summed E-state index contributed by atoms with van der Waals surface area (Å²) in [6.07, 6.45) is 5.29. The second kappa shape index (κ2) is 10.1. The van der Waals surface area contributed by atoms with Gasteiger partial charge in [0.15, 0.2) is 0 Å². The number of allylic oxidation sites excluding steroid dienone is 2. The van der Waals surface area contributed by atoms with Gasteiger partial charge in [0.05, 0.1) is 17.9 Å². The maximum absolute atomic E-state index is 11.7. The summed E-state index contributed by atoms with van der Waals surface area (Å²) in [7, 11) is 0. The van der Waals surface area contributed by atoms with Crippen molar-refractivity contribution in [3.05, 3.63) is 83.6 Å². The highest BCUT2D eigenvalue weighted by Gasteiger charge is 2.28. The first-order valence-electron chi connectivity index (χ1n) is 9.13. The number of nitrogens with zero attached hydrogens (tertiary/aromatic N) is 1. The molecule has 29 heavy (non-hydrogen) atoms. The molecule has 5 nitrogen and oxygen atoms in total. The third kappa shape index (κ3) is 6.32. The molecule has 0 fully saturated rings. The van der Waals surface area contributed by atoms with E-state index in [1.165, 1.54) is 0 Å². The zero-order valence-electron chi connectivity index (χ0n) is 16.6. The van der Waals surface area contributed by atoms with Crippen LogP contribution in [0.4, 0.5) is 5.69 Å². The van der Waals surface area contributed by atoms with E-state index < -0.39 is 5.79 Å². The molecular formula is C23H24BrNO4. The quantitative estimate of drug-likeness (QED) is 0.417. The second-order valence-electron chi connectivity index (χ2n) is 6.59. The zero-order chi connectivity index (χ0) is 20.0. The predicted octanol–water partition coefficient (Wildman–Crippen LogP) is 5.85. The van der Waals surface area contributed by atoms with E-state index in [-0.39, 0.29) is 23.0 Å². The van der Waals surface area contributed by atoms with Crippen LogP contribution in [0.5, 0.6) is 0 Å². The van der Waals surface area contributed by atoms with Gasteiger partial charge in [-0.2, -0.15) is 0 Å². The summed E-state index contributed by atoms with van der Waals surface area (Å²) in [5, 5.41) is 0. The van der Waals surface area contributed by atoms with Crippen molar-refractivity contribution in [2.45, 2.75) is 26.6 Å². The Hall–Kier alpha value is -2.86. The van der Waals surface area contributed by atoms with Crippen LogP contribution >= 0.6 is 17.0 Å². The van der Waals surface area contributed by atoms with Crippen LogP contribution in [-0.2, 0) is 14.2 Å². The fraction of sp³-hybridized carbons (Fsp3) is 0.217. The van der Waals surface area contributed by atoms with Crippen LogP contribution in [-0.4, -0.2) is 24.6 Å². The van der Waals surface area contributed by atoms with E-state index in [4.69, 9.17) is 14.2 Å². The van der Waals surface area contributed by atoms with Gasteiger partial charge in [0.1, 0.15) is 11.5 Å². The molecule has 2 aromatic rings. The van der Waals surface area contributed by atoms with E-state index in [1.54, 1.807) is 43.5 Å². The molecule has 0 saturated carbocycles. The molecule has 6 heteroatoms. The average Bonchev–Trinajstić information content (AvgIpc) is 2.68. The number of rotatable bonds is 5. The Morgan fingerprint density at radius 2 is 1.76 bits per heavy atom. The van der Waals surface area contributed by atoms with Crippen molar-refractivity contribution in [1.29, 1.82) is 0 Å². The Balaban J connectivity index is 0.00000300. The fourth-order valence-electron chi connectivity index (χ4n) is 2.68. The summed E-state index contributed by atoms with van der Waals surface area (Å²) >= 11 is 0. The van der Waals surface area contributed by atoms with Crippen molar-refractivity contribution in [2.24, 2.45) is 4.99 Å². The lowest BCUT2D eigenvalue weighted by molar-refractivity contribution is -0.149. The van der Waals surface area contributed by atoms with E-state index in [2.05, 4.69) is 4.99 Å². The first kappa shape index (κ1) is 22.4. The maximum Gasteiger partial charge on any atom is 0.338 e. The van der Waals surface area contributed by atoms with Gasteiger partial charge < -0.3 is 14.2 Å². The highest BCUT2D eigenvalue weighted by atomic mass is 79.9. The number of benzene rings is 2. The summed E-state index contributed by atoms with van der Waals surface area (Å²) in [4.78, 5) is 16.1. The van der Waals surface area contributed by atoms with E-state index in [0.29, 0.717) is 17.9 Å². The molecule has 3 rings (SSSR count). The molecule has 0 unspecified atom stereocenters. The van der Waals surface area contributed by atoms with E-state index in [1.807, 2.05) is 50.3 Å². The first-order chi connectivity index (χ1) is 13.5. The third-order valence-corrected chi connectivity index (χ3v) is 3.89. The molecule has 1 aliphatic rings. The van der Waals surface area contributed by atoms with Crippen molar-refractivity contribution in [2.75, 3.05) is 6.61 Å². The third-order valence-electron chi connectivity index (χ3n) is 3.89. The van der Waals surface area contributed by atoms with Gasteiger partial charge in [0.25, 0.3) is 0 Å². The van der Waals surface area contributed by atoms with Crippen molar-refractivity contribution in [3.8, 4) is 0 Å². The van der Waals surface area contributed by atoms with Gasteiger partial charge in [-0.05, 0) is 37.3 Å². The summed E-state index contributed by atoms with van der Waals surface area (Å²) < 4.78 is 16.7. The Labute approximate surface area is 181 Å². The molecule has 2 aromatic carbocycles. The smallest absolute Gasteiger partial charge is 0.338 e. The minimum absolute atomic E-state index is 0. The Morgan fingerprint density at radius 3 is 2.41 bits per heavy atom. The largest absolute Gasteiger partial charge is 0.462 e. The number of aliphatic imine (C=N–C) groups is 1. The summed E-state index contributed by atoms with van der Waals surface area (Å²) in [6.45, 7) is 5.86. The number of ether oxygens (including phenoxy) is 3. The number of hydrogen-bond acceptors (Lipinski definition) is 5. The van der Waals surface area contributed by atoms with Gasteiger partial charge in [0.2, 0.25) is 5.79 Å². The molecule has 0 aliphatic carbocycles. The zero-order valence-corrected chi connectivity index (χ0v) is 18.3. The molecular weight excluding hydrogens is 434 g/mol. The Bertz CT molecular complexity index is 916. The number of halogens is 1. The van der Waals surface area contributed by atoms with Crippen LogP contribution in [0.15, 0.2) is 77.5 Å². The molecule has 0 spiro atoms. The van der Waals surface area contributed by atoms with Gasteiger partial charge in [-0.1, -0.05) is 30.3 Å². The van der Waals surface area contributed by atoms with E-state index in [0.717, 1.165) is 17.0 Å². The topological polar surface area (TPSA) is 57.1 Å². The second-order valence-corrected chi connectivity index (χ2v) is 6.59. The van der Waals surface area contributed by atoms with Crippen LogP contribution in [0.1, 0.15) is 36.7 Å². The van der Waals surface area contributed by atoms with Gasteiger partial charge in [-0.3, -0.25) is 4.99 Å².